The molecule has 3 aromatic rings. The highest BCUT2D eigenvalue weighted by Gasteiger charge is 2.34. The summed E-state index contributed by atoms with van der Waals surface area (Å²) in [6, 6.07) is 16.6. The Morgan fingerprint density at radius 1 is 0.879 bits per heavy atom. The van der Waals surface area contributed by atoms with Crippen LogP contribution < -0.4 is 9.80 Å². The molecule has 0 spiro atoms. The molecule has 2 heterocycles. The van der Waals surface area contributed by atoms with Gasteiger partial charge in [0.25, 0.3) is 11.8 Å². The van der Waals surface area contributed by atoms with Gasteiger partial charge in [0.05, 0.1) is 7.11 Å². The van der Waals surface area contributed by atoms with Gasteiger partial charge >= 0.3 is 5.97 Å². The van der Waals surface area contributed by atoms with E-state index >= 15 is 0 Å². The van der Waals surface area contributed by atoms with E-state index in [4.69, 9.17) is 16.3 Å². The maximum Gasteiger partial charge on any atom is 0.360 e. The largest absolute Gasteiger partial charge is 0.464 e. The number of rotatable bonds is 5. The van der Waals surface area contributed by atoms with Gasteiger partial charge in [-0.3, -0.25) is 9.59 Å². The zero-order valence-corrected chi connectivity index (χ0v) is 18.7. The van der Waals surface area contributed by atoms with Crippen LogP contribution in [0.3, 0.4) is 0 Å². The Labute approximate surface area is 195 Å². The minimum atomic E-state index is -0.862. The van der Waals surface area contributed by atoms with E-state index in [9.17, 15) is 14.4 Å². The monoisotopic (exact) mass is 464 g/mol. The van der Waals surface area contributed by atoms with E-state index in [2.05, 4.69) is 9.97 Å². The summed E-state index contributed by atoms with van der Waals surface area (Å²) in [4.78, 5) is 51.3. The molecule has 0 unspecified atom stereocenters. The summed E-state index contributed by atoms with van der Waals surface area (Å²) < 4.78 is 4.86. The molecular weight excluding hydrogens is 444 g/mol. The Morgan fingerprint density at radius 2 is 1.39 bits per heavy atom. The van der Waals surface area contributed by atoms with E-state index in [1.54, 1.807) is 60.7 Å². The Bertz CT molecular complexity index is 1130. The first-order chi connectivity index (χ1) is 16.0. The first-order valence-corrected chi connectivity index (χ1v) is 10.8. The topological polar surface area (TPSA) is 92.7 Å². The number of hydrogen-bond acceptors (Lipinski definition) is 7. The zero-order chi connectivity index (χ0) is 23.4. The molecule has 0 saturated carbocycles. The van der Waals surface area contributed by atoms with E-state index < -0.39 is 17.8 Å². The van der Waals surface area contributed by atoms with Crippen molar-refractivity contribution in [1.29, 1.82) is 0 Å². The van der Waals surface area contributed by atoms with Crippen molar-refractivity contribution in [3.8, 4) is 0 Å². The smallest absolute Gasteiger partial charge is 0.360 e. The van der Waals surface area contributed by atoms with E-state index in [-0.39, 0.29) is 27.8 Å². The van der Waals surface area contributed by atoms with Crippen LogP contribution in [0.5, 0.6) is 0 Å². The van der Waals surface area contributed by atoms with Crippen molar-refractivity contribution in [3.05, 3.63) is 82.6 Å². The summed E-state index contributed by atoms with van der Waals surface area (Å²) >= 11 is 6.37. The maximum absolute atomic E-state index is 13.6. The number of amides is 2. The summed E-state index contributed by atoms with van der Waals surface area (Å²) in [5, 5.41) is 0.000296. The third kappa shape index (κ3) is 4.56. The number of hydrogen-bond donors (Lipinski definition) is 0. The zero-order valence-electron chi connectivity index (χ0n) is 17.9. The minimum absolute atomic E-state index is 0.000296. The highest BCUT2D eigenvalue weighted by molar-refractivity contribution is 6.32. The number of halogens is 1. The molecule has 1 aliphatic heterocycles. The molecule has 0 radical (unpaired) electrons. The Kier molecular flexibility index (Phi) is 6.65. The SMILES string of the molecule is COC(=O)c1nc(Cl)c(N2CCCC2)nc1N(C(=O)c1ccccc1)C(=O)c1ccccc1. The number of carbonyl (C=O) groups excluding carboxylic acids is 3. The van der Waals surface area contributed by atoms with Crippen LogP contribution >= 0.6 is 11.6 Å². The predicted molar refractivity (Wildman–Crippen MR) is 124 cm³/mol. The second kappa shape index (κ2) is 9.79. The van der Waals surface area contributed by atoms with Crippen molar-refractivity contribution in [2.45, 2.75) is 12.8 Å². The van der Waals surface area contributed by atoms with E-state index in [1.807, 2.05) is 4.90 Å². The number of imide groups is 1. The third-order valence-electron chi connectivity index (χ3n) is 5.26. The number of esters is 1. The van der Waals surface area contributed by atoms with Gasteiger partial charge in [0.15, 0.2) is 22.5 Å². The second-order valence-corrected chi connectivity index (χ2v) is 7.73. The van der Waals surface area contributed by atoms with Crippen LogP contribution in [0, 0.1) is 0 Å². The number of nitrogens with zero attached hydrogens (tertiary/aromatic N) is 4. The van der Waals surface area contributed by atoms with Crippen LogP contribution in [-0.4, -0.2) is 48.0 Å². The fourth-order valence-corrected chi connectivity index (χ4v) is 3.87. The molecule has 1 saturated heterocycles. The lowest BCUT2D eigenvalue weighted by molar-refractivity contribution is 0.0594. The average molecular weight is 465 g/mol. The standard InChI is InChI=1S/C24H21ClN4O4/c1-33-24(32)18-20(27-21(19(25)26-18)28-14-8-9-15-28)29(22(30)16-10-4-2-5-11-16)23(31)17-12-6-3-7-13-17/h2-7,10-13H,8-9,14-15H2,1H3. The Balaban J connectivity index is 1.93. The maximum atomic E-state index is 13.6. The number of ether oxygens (including phenoxy) is 1. The van der Waals surface area contributed by atoms with Gasteiger partial charge in [0.1, 0.15) is 0 Å². The highest BCUT2D eigenvalue weighted by atomic mass is 35.5. The summed E-state index contributed by atoms with van der Waals surface area (Å²) in [6.45, 7) is 1.40. The molecule has 33 heavy (non-hydrogen) atoms. The number of anilines is 2. The Morgan fingerprint density at radius 3 is 1.88 bits per heavy atom. The normalized spacial score (nSPS) is 13.0. The van der Waals surface area contributed by atoms with Gasteiger partial charge in [-0.15, -0.1) is 0 Å². The van der Waals surface area contributed by atoms with Crippen LogP contribution in [0.2, 0.25) is 5.15 Å². The van der Waals surface area contributed by atoms with Gasteiger partial charge in [0.2, 0.25) is 0 Å². The first kappa shape index (κ1) is 22.4. The molecule has 8 nitrogen and oxygen atoms in total. The number of methoxy groups -OCH3 is 1. The van der Waals surface area contributed by atoms with Crippen LogP contribution in [0.1, 0.15) is 44.0 Å². The van der Waals surface area contributed by atoms with Crippen molar-refractivity contribution in [3.63, 3.8) is 0 Å². The number of carbonyl (C=O) groups is 3. The van der Waals surface area contributed by atoms with Gasteiger partial charge in [-0.05, 0) is 37.1 Å². The molecule has 4 rings (SSSR count). The summed E-state index contributed by atoms with van der Waals surface area (Å²) in [5.41, 5.74) is 0.174. The average Bonchev–Trinajstić information content (AvgIpc) is 3.40. The van der Waals surface area contributed by atoms with Gasteiger partial charge in [-0.1, -0.05) is 48.0 Å². The van der Waals surface area contributed by atoms with E-state index in [1.165, 1.54) is 7.11 Å². The molecule has 1 fully saturated rings. The van der Waals surface area contributed by atoms with E-state index in [0.717, 1.165) is 17.7 Å². The van der Waals surface area contributed by atoms with Crippen molar-refractivity contribution in [2.75, 3.05) is 30.0 Å². The van der Waals surface area contributed by atoms with Gasteiger partial charge in [-0.2, -0.15) is 0 Å². The molecule has 0 bridgehead atoms. The third-order valence-corrected chi connectivity index (χ3v) is 5.52. The molecule has 9 heteroatoms. The van der Waals surface area contributed by atoms with Crippen LogP contribution in [0.25, 0.3) is 0 Å². The quantitative estimate of drug-likeness (QED) is 0.416. The molecule has 168 valence electrons. The van der Waals surface area contributed by atoms with Gasteiger partial charge in [-0.25, -0.2) is 19.7 Å². The van der Waals surface area contributed by atoms with Crippen molar-refractivity contribution in [2.24, 2.45) is 0 Å². The minimum Gasteiger partial charge on any atom is -0.464 e. The number of benzene rings is 2. The van der Waals surface area contributed by atoms with Gasteiger partial charge in [0, 0.05) is 24.2 Å². The highest BCUT2D eigenvalue weighted by Crippen LogP contribution is 2.31. The van der Waals surface area contributed by atoms with Crippen LogP contribution in [0.4, 0.5) is 11.6 Å². The van der Waals surface area contributed by atoms with Crippen LogP contribution in [-0.2, 0) is 4.74 Å². The lowest BCUT2D eigenvalue weighted by Gasteiger charge is -2.24. The van der Waals surface area contributed by atoms with E-state index in [0.29, 0.717) is 18.9 Å². The molecular formula is C24H21ClN4O4. The number of aromatic nitrogens is 2. The lowest BCUT2D eigenvalue weighted by atomic mass is 10.1. The Hall–Kier alpha value is -3.78. The predicted octanol–water partition coefficient (Wildman–Crippen LogP) is 4.00. The van der Waals surface area contributed by atoms with Crippen molar-refractivity contribution < 1.29 is 19.1 Å². The molecule has 0 aliphatic carbocycles. The van der Waals surface area contributed by atoms with Crippen LogP contribution in [0.15, 0.2) is 60.7 Å². The van der Waals surface area contributed by atoms with Crippen molar-refractivity contribution in [1.82, 2.24) is 9.97 Å². The molecule has 1 aliphatic rings. The molecule has 0 N–H and O–H groups in total. The fourth-order valence-electron chi connectivity index (χ4n) is 3.62. The first-order valence-electron chi connectivity index (χ1n) is 10.4. The summed E-state index contributed by atoms with van der Waals surface area (Å²) in [7, 11) is 1.18. The molecule has 2 amide bonds. The second-order valence-electron chi connectivity index (χ2n) is 7.37. The lowest BCUT2D eigenvalue weighted by Crippen LogP contribution is -2.39. The fraction of sp³-hybridized carbons (Fsp3) is 0.208. The molecule has 0 atom stereocenters. The summed E-state index contributed by atoms with van der Waals surface area (Å²) in [6.07, 6.45) is 1.89. The van der Waals surface area contributed by atoms with Gasteiger partial charge < -0.3 is 9.64 Å². The molecule has 2 aromatic carbocycles. The summed E-state index contributed by atoms with van der Waals surface area (Å²) in [5.74, 6) is -2.09. The molecule has 1 aromatic heterocycles. The van der Waals surface area contributed by atoms with Crippen molar-refractivity contribution >= 4 is 41.0 Å².